The van der Waals surface area contributed by atoms with Gasteiger partial charge in [-0.05, 0) is 18.9 Å². The smallest absolute Gasteiger partial charge is 0.164 e. The zero-order valence-corrected chi connectivity index (χ0v) is 14.2. The van der Waals surface area contributed by atoms with Crippen molar-refractivity contribution in [3.8, 4) is 0 Å². The van der Waals surface area contributed by atoms with Gasteiger partial charge >= 0.3 is 0 Å². The van der Waals surface area contributed by atoms with Crippen molar-refractivity contribution in [3.63, 3.8) is 0 Å². The second-order valence-corrected chi connectivity index (χ2v) is 9.27. The highest BCUT2D eigenvalue weighted by Crippen LogP contribution is 2.28. The quantitative estimate of drug-likeness (QED) is 0.771. The van der Waals surface area contributed by atoms with E-state index in [1.54, 1.807) is 11.8 Å². The normalized spacial score (nSPS) is 25.2. The van der Waals surface area contributed by atoms with Gasteiger partial charge in [-0.15, -0.1) is 0 Å². The van der Waals surface area contributed by atoms with E-state index in [9.17, 15) is 8.42 Å². The zero-order valence-electron chi connectivity index (χ0n) is 12.6. The molecule has 1 aliphatic rings. The molecule has 1 aliphatic heterocycles. The summed E-state index contributed by atoms with van der Waals surface area (Å²) in [5.41, 5.74) is 0.147. The number of thioether (sulfide) groups is 1. The van der Waals surface area contributed by atoms with Gasteiger partial charge in [-0.1, -0.05) is 20.3 Å². The van der Waals surface area contributed by atoms with E-state index in [2.05, 4.69) is 24.1 Å². The molecule has 0 saturated carbocycles. The van der Waals surface area contributed by atoms with Crippen LogP contribution in [0.1, 0.15) is 26.7 Å². The van der Waals surface area contributed by atoms with Crippen LogP contribution in [0.4, 0.5) is 0 Å². The number of nitrogens with one attached hydrogen (secondary N) is 1. The molecule has 2 atom stereocenters. The average molecular weight is 309 g/mol. The zero-order chi connectivity index (χ0) is 14.5. The highest BCUT2D eigenvalue weighted by atomic mass is 32.2. The SMILES string of the molecule is CCCC(C)(CNC)CN1CCSCC1S(C)(=O)=O. The molecular formula is C13H28N2O2S2. The first-order valence-electron chi connectivity index (χ1n) is 6.97. The van der Waals surface area contributed by atoms with Gasteiger partial charge in [0.2, 0.25) is 0 Å². The fourth-order valence-electron chi connectivity index (χ4n) is 2.93. The Bertz CT molecular complexity index is 365. The third-order valence-electron chi connectivity index (χ3n) is 3.73. The number of hydrogen-bond donors (Lipinski definition) is 1. The van der Waals surface area contributed by atoms with Crippen molar-refractivity contribution in [3.05, 3.63) is 0 Å². The summed E-state index contributed by atoms with van der Waals surface area (Å²) in [6, 6.07) is 0. The van der Waals surface area contributed by atoms with E-state index in [4.69, 9.17) is 0 Å². The molecule has 1 heterocycles. The van der Waals surface area contributed by atoms with E-state index < -0.39 is 9.84 Å². The van der Waals surface area contributed by atoms with Crippen molar-refractivity contribution in [1.82, 2.24) is 10.2 Å². The van der Waals surface area contributed by atoms with Crippen LogP contribution in [-0.4, -0.2) is 63.1 Å². The molecule has 0 aromatic rings. The molecule has 2 unspecified atom stereocenters. The molecule has 1 saturated heterocycles. The largest absolute Gasteiger partial charge is 0.319 e. The summed E-state index contributed by atoms with van der Waals surface area (Å²) >= 11 is 1.75. The molecule has 0 amide bonds. The van der Waals surface area contributed by atoms with Crippen LogP contribution >= 0.6 is 11.8 Å². The van der Waals surface area contributed by atoms with Crippen LogP contribution in [0.5, 0.6) is 0 Å². The van der Waals surface area contributed by atoms with Gasteiger partial charge in [0.25, 0.3) is 0 Å². The van der Waals surface area contributed by atoms with Crippen LogP contribution in [0, 0.1) is 5.41 Å². The van der Waals surface area contributed by atoms with Gasteiger partial charge in [-0.25, -0.2) is 8.42 Å². The van der Waals surface area contributed by atoms with Crippen molar-refractivity contribution in [2.24, 2.45) is 5.41 Å². The lowest BCUT2D eigenvalue weighted by molar-refractivity contribution is 0.148. The van der Waals surface area contributed by atoms with Gasteiger partial charge in [0.15, 0.2) is 9.84 Å². The van der Waals surface area contributed by atoms with Gasteiger partial charge in [0, 0.05) is 37.4 Å². The van der Waals surface area contributed by atoms with Crippen molar-refractivity contribution < 1.29 is 8.42 Å². The molecule has 0 bridgehead atoms. The lowest BCUT2D eigenvalue weighted by Crippen LogP contribution is -2.52. The Morgan fingerprint density at radius 3 is 2.68 bits per heavy atom. The van der Waals surface area contributed by atoms with Gasteiger partial charge < -0.3 is 5.32 Å². The topological polar surface area (TPSA) is 49.4 Å². The first-order valence-corrected chi connectivity index (χ1v) is 10.1. The second kappa shape index (κ2) is 7.29. The molecule has 1 fully saturated rings. The number of rotatable bonds is 7. The first-order chi connectivity index (χ1) is 8.82. The summed E-state index contributed by atoms with van der Waals surface area (Å²) < 4.78 is 23.9. The Kier molecular flexibility index (Phi) is 6.63. The van der Waals surface area contributed by atoms with E-state index in [1.165, 1.54) is 6.26 Å². The molecule has 0 aliphatic carbocycles. The summed E-state index contributed by atoms with van der Waals surface area (Å²) in [5, 5.41) is 2.95. The first kappa shape index (κ1) is 17.3. The molecule has 4 nitrogen and oxygen atoms in total. The highest BCUT2D eigenvalue weighted by molar-refractivity contribution is 8.00. The minimum absolute atomic E-state index is 0.147. The molecule has 0 radical (unpaired) electrons. The summed E-state index contributed by atoms with van der Waals surface area (Å²) in [4.78, 5) is 2.18. The molecule has 1 N–H and O–H groups in total. The van der Waals surface area contributed by atoms with Crippen LogP contribution in [-0.2, 0) is 9.84 Å². The lowest BCUT2D eigenvalue weighted by Gasteiger charge is -2.41. The van der Waals surface area contributed by atoms with E-state index in [0.717, 1.165) is 38.2 Å². The summed E-state index contributed by atoms with van der Waals surface area (Å²) in [7, 11) is -1.03. The Morgan fingerprint density at radius 2 is 2.16 bits per heavy atom. The number of hydrogen-bond acceptors (Lipinski definition) is 5. The molecule has 0 aromatic carbocycles. The van der Waals surface area contributed by atoms with Crippen molar-refractivity contribution in [2.45, 2.75) is 32.1 Å². The maximum absolute atomic E-state index is 11.9. The third kappa shape index (κ3) is 5.25. The molecular weight excluding hydrogens is 280 g/mol. The second-order valence-electron chi connectivity index (χ2n) is 5.92. The minimum atomic E-state index is -2.99. The third-order valence-corrected chi connectivity index (χ3v) is 6.41. The van der Waals surface area contributed by atoms with Crippen molar-refractivity contribution in [2.75, 3.05) is 44.4 Å². The van der Waals surface area contributed by atoms with Gasteiger partial charge in [-0.2, -0.15) is 11.8 Å². The Hall–Kier alpha value is 0.220. The van der Waals surface area contributed by atoms with Crippen LogP contribution in [0.15, 0.2) is 0 Å². The predicted molar refractivity (Wildman–Crippen MR) is 84.5 cm³/mol. The molecule has 6 heteroatoms. The highest BCUT2D eigenvalue weighted by Gasteiger charge is 2.35. The minimum Gasteiger partial charge on any atom is -0.319 e. The summed E-state index contributed by atoms with van der Waals surface area (Å²) in [5.74, 6) is 1.74. The molecule has 114 valence electrons. The predicted octanol–water partition coefficient (Wildman–Crippen LogP) is 1.43. The van der Waals surface area contributed by atoms with Gasteiger partial charge in [0.05, 0.1) is 0 Å². The van der Waals surface area contributed by atoms with Crippen LogP contribution in [0.2, 0.25) is 0 Å². The van der Waals surface area contributed by atoms with E-state index >= 15 is 0 Å². The fourth-order valence-corrected chi connectivity index (χ4v) is 5.88. The van der Waals surface area contributed by atoms with Gasteiger partial charge in [-0.3, -0.25) is 4.90 Å². The Labute approximate surface area is 122 Å². The van der Waals surface area contributed by atoms with Crippen LogP contribution in [0.25, 0.3) is 0 Å². The lowest BCUT2D eigenvalue weighted by atomic mass is 9.85. The molecule has 1 rings (SSSR count). The van der Waals surface area contributed by atoms with Crippen molar-refractivity contribution >= 4 is 21.6 Å². The monoisotopic (exact) mass is 308 g/mol. The Morgan fingerprint density at radius 1 is 1.47 bits per heavy atom. The summed E-state index contributed by atoms with van der Waals surface area (Å²) in [6.45, 7) is 7.12. The number of sulfone groups is 1. The molecule has 19 heavy (non-hydrogen) atoms. The average Bonchev–Trinajstić information content (AvgIpc) is 2.28. The van der Waals surface area contributed by atoms with Crippen LogP contribution in [0.3, 0.4) is 0 Å². The maximum atomic E-state index is 11.9. The van der Waals surface area contributed by atoms with Crippen LogP contribution < -0.4 is 5.32 Å². The molecule has 0 aromatic heterocycles. The summed E-state index contributed by atoms with van der Waals surface area (Å²) in [6.07, 6.45) is 3.62. The standard InChI is InChI=1S/C13H28N2O2S2/c1-5-6-13(2,10-14-3)11-15-7-8-18-9-12(15)19(4,16)17/h12,14H,5-11H2,1-4H3. The molecule has 0 spiro atoms. The maximum Gasteiger partial charge on any atom is 0.164 e. The number of nitrogens with zero attached hydrogens (tertiary/aromatic N) is 1. The fraction of sp³-hybridized carbons (Fsp3) is 1.00. The van der Waals surface area contributed by atoms with E-state index in [0.29, 0.717) is 5.75 Å². The Balaban J connectivity index is 2.80. The van der Waals surface area contributed by atoms with E-state index in [1.807, 2.05) is 7.05 Å². The van der Waals surface area contributed by atoms with Crippen molar-refractivity contribution in [1.29, 1.82) is 0 Å². The van der Waals surface area contributed by atoms with E-state index in [-0.39, 0.29) is 10.8 Å². The van der Waals surface area contributed by atoms with Gasteiger partial charge in [0.1, 0.15) is 5.37 Å².